The molecule has 0 saturated heterocycles. The number of nitrogens with one attached hydrogen (secondary N) is 1. The Morgan fingerprint density at radius 1 is 1.45 bits per heavy atom. The molecule has 3 rings (SSSR count). The van der Waals surface area contributed by atoms with Crippen molar-refractivity contribution in [3.63, 3.8) is 0 Å². The molecular formula is C13H16BrN5O. The summed E-state index contributed by atoms with van der Waals surface area (Å²) >= 11 is 3.50. The number of halogens is 1. The van der Waals surface area contributed by atoms with Crippen molar-refractivity contribution >= 4 is 15.9 Å². The molecule has 1 heterocycles. The summed E-state index contributed by atoms with van der Waals surface area (Å²) in [4.78, 5) is 1.43. The van der Waals surface area contributed by atoms with Gasteiger partial charge >= 0.3 is 0 Å². The van der Waals surface area contributed by atoms with Crippen molar-refractivity contribution in [3.05, 3.63) is 34.1 Å². The third-order valence-corrected chi connectivity index (χ3v) is 3.58. The van der Waals surface area contributed by atoms with E-state index in [1.807, 2.05) is 12.1 Å². The summed E-state index contributed by atoms with van der Waals surface area (Å²) in [6, 6.07) is 6.68. The highest BCUT2D eigenvalue weighted by atomic mass is 79.9. The molecule has 1 N–H and O–H groups in total. The third-order valence-electron chi connectivity index (χ3n) is 3.09. The maximum absolute atomic E-state index is 5.81. The molecule has 0 spiro atoms. The van der Waals surface area contributed by atoms with Crippen LogP contribution in [0.5, 0.6) is 5.75 Å². The van der Waals surface area contributed by atoms with Crippen LogP contribution >= 0.6 is 15.9 Å². The fraction of sp³-hybridized carbons (Fsp3) is 0.462. The Kier molecular flexibility index (Phi) is 3.98. The third kappa shape index (κ3) is 3.55. The number of rotatable bonds is 6. The standard InChI is InChI=1S/C13H16BrN5O/c1-19-17-13(16-18-19)8-20-12-5-2-10(14)6-9(12)7-15-11-3-4-11/h2,5-6,11,15H,3-4,7-8H2,1H3. The molecule has 7 heteroatoms. The van der Waals surface area contributed by atoms with Gasteiger partial charge in [0.05, 0.1) is 7.05 Å². The summed E-state index contributed by atoms with van der Waals surface area (Å²) in [6.07, 6.45) is 2.54. The number of nitrogens with zero attached hydrogens (tertiary/aromatic N) is 4. The lowest BCUT2D eigenvalue weighted by molar-refractivity contribution is 0.291. The van der Waals surface area contributed by atoms with Crippen LogP contribution in [0.2, 0.25) is 0 Å². The van der Waals surface area contributed by atoms with Gasteiger partial charge in [-0.15, -0.1) is 10.2 Å². The van der Waals surface area contributed by atoms with Gasteiger partial charge in [0.25, 0.3) is 0 Å². The Hall–Kier alpha value is -1.47. The second kappa shape index (κ2) is 5.88. The summed E-state index contributed by atoms with van der Waals surface area (Å²) < 4.78 is 6.86. The van der Waals surface area contributed by atoms with E-state index in [2.05, 4.69) is 42.7 Å². The summed E-state index contributed by atoms with van der Waals surface area (Å²) in [5, 5.41) is 15.3. The summed E-state index contributed by atoms with van der Waals surface area (Å²) in [5.74, 6) is 1.44. The molecule has 0 bridgehead atoms. The van der Waals surface area contributed by atoms with Crippen LogP contribution < -0.4 is 10.1 Å². The number of aryl methyl sites for hydroxylation is 1. The Bertz CT molecular complexity index is 596. The molecule has 0 atom stereocenters. The SMILES string of the molecule is Cn1nnc(COc2ccc(Br)cc2CNC2CC2)n1. The van der Waals surface area contributed by atoms with Crippen molar-refractivity contribution in [2.24, 2.45) is 7.05 Å². The van der Waals surface area contributed by atoms with Crippen molar-refractivity contribution in [3.8, 4) is 5.75 Å². The van der Waals surface area contributed by atoms with Gasteiger partial charge in [-0.25, -0.2) is 0 Å². The lowest BCUT2D eigenvalue weighted by atomic mass is 10.2. The molecule has 1 aromatic carbocycles. The van der Waals surface area contributed by atoms with E-state index in [4.69, 9.17) is 4.74 Å². The van der Waals surface area contributed by atoms with Crippen molar-refractivity contribution in [1.29, 1.82) is 0 Å². The van der Waals surface area contributed by atoms with Gasteiger partial charge in [0.15, 0.2) is 6.61 Å². The highest BCUT2D eigenvalue weighted by Crippen LogP contribution is 2.26. The fourth-order valence-electron chi connectivity index (χ4n) is 1.89. The van der Waals surface area contributed by atoms with E-state index in [1.54, 1.807) is 7.05 Å². The van der Waals surface area contributed by atoms with E-state index in [1.165, 1.54) is 17.6 Å². The van der Waals surface area contributed by atoms with Gasteiger partial charge in [-0.3, -0.25) is 0 Å². The molecule has 1 saturated carbocycles. The minimum Gasteiger partial charge on any atom is -0.485 e. The Labute approximate surface area is 125 Å². The van der Waals surface area contributed by atoms with Gasteiger partial charge < -0.3 is 10.1 Å². The lowest BCUT2D eigenvalue weighted by Crippen LogP contribution is -2.16. The van der Waals surface area contributed by atoms with Crippen molar-refractivity contribution in [2.45, 2.75) is 32.0 Å². The summed E-state index contributed by atoms with van der Waals surface area (Å²) in [5.41, 5.74) is 1.13. The lowest BCUT2D eigenvalue weighted by Gasteiger charge is -2.11. The zero-order valence-electron chi connectivity index (χ0n) is 11.2. The maximum Gasteiger partial charge on any atom is 0.212 e. The number of ether oxygens (including phenoxy) is 1. The number of tetrazole rings is 1. The van der Waals surface area contributed by atoms with Crippen LogP contribution in [0.1, 0.15) is 24.2 Å². The zero-order chi connectivity index (χ0) is 13.9. The molecule has 20 heavy (non-hydrogen) atoms. The van der Waals surface area contributed by atoms with Gasteiger partial charge in [-0.1, -0.05) is 15.9 Å². The van der Waals surface area contributed by atoms with Crippen molar-refractivity contribution in [2.75, 3.05) is 0 Å². The molecule has 2 aromatic rings. The molecule has 1 aromatic heterocycles. The first-order valence-electron chi connectivity index (χ1n) is 6.58. The van der Waals surface area contributed by atoms with E-state index >= 15 is 0 Å². The maximum atomic E-state index is 5.81. The largest absolute Gasteiger partial charge is 0.485 e. The quantitative estimate of drug-likeness (QED) is 0.870. The highest BCUT2D eigenvalue weighted by Gasteiger charge is 2.20. The molecule has 1 aliphatic carbocycles. The van der Waals surface area contributed by atoms with E-state index in [0.717, 1.165) is 22.3 Å². The Morgan fingerprint density at radius 3 is 3.00 bits per heavy atom. The van der Waals surface area contributed by atoms with Crippen LogP contribution in [-0.2, 0) is 20.2 Å². The number of hydrogen-bond donors (Lipinski definition) is 1. The Balaban J connectivity index is 1.66. The van der Waals surface area contributed by atoms with Gasteiger partial charge in [0.1, 0.15) is 5.75 Å². The van der Waals surface area contributed by atoms with E-state index < -0.39 is 0 Å². The smallest absolute Gasteiger partial charge is 0.212 e. The first-order chi connectivity index (χ1) is 9.70. The molecule has 1 aliphatic rings. The van der Waals surface area contributed by atoms with Crippen LogP contribution in [-0.4, -0.2) is 26.2 Å². The van der Waals surface area contributed by atoms with Gasteiger partial charge in [0, 0.05) is 22.6 Å². The second-order valence-corrected chi connectivity index (χ2v) is 5.81. The van der Waals surface area contributed by atoms with Gasteiger partial charge in [-0.05, 0) is 36.3 Å². The van der Waals surface area contributed by atoms with Crippen LogP contribution in [0, 0.1) is 0 Å². The number of benzene rings is 1. The minimum atomic E-state index is 0.325. The minimum absolute atomic E-state index is 0.325. The highest BCUT2D eigenvalue weighted by molar-refractivity contribution is 9.10. The second-order valence-electron chi connectivity index (χ2n) is 4.89. The molecular weight excluding hydrogens is 322 g/mol. The average Bonchev–Trinajstić information content (AvgIpc) is 3.17. The molecule has 1 fully saturated rings. The van der Waals surface area contributed by atoms with Crippen LogP contribution in [0.3, 0.4) is 0 Å². The van der Waals surface area contributed by atoms with E-state index in [0.29, 0.717) is 18.5 Å². The van der Waals surface area contributed by atoms with E-state index in [9.17, 15) is 0 Å². The van der Waals surface area contributed by atoms with E-state index in [-0.39, 0.29) is 0 Å². The summed E-state index contributed by atoms with van der Waals surface area (Å²) in [6.45, 7) is 1.14. The molecule has 0 amide bonds. The van der Waals surface area contributed by atoms with Gasteiger partial charge in [0.2, 0.25) is 5.82 Å². The summed E-state index contributed by atoms with van der Waals surface area (Å²) in [7, 11) is 1.74. The monoisotopic (exact) mass is 337 g/mol. The first-order valence-corrected chi connectivity index (χ1v) is 7.37. The van der Waals surface area contributed by atoms with Crippen molar-refractivity contribution < 1.29 is 4.74 Å². The molecule has 0 radical (unpaired) electrons. The first kappa shape index (κ1) is 13.5. The molecule has 0 aliphatic heterocycles. The molecule has 0 unspecified atom stereocenters. The van der Waals surface area contributed by atoms with Crippen molar-refractivity contribution in [1.82, 2.24) is 25.5 Å². The molecule has 106 valence electrons. The van der Waals surface area contributed by atoms with Crippen LogP contribution in [0.4, 0.5) is 0 Å². The fourth-order valence-corrected chi connectivity index (χ4v) is 2.30. The van der Waals surface area contributed by atoms with Gasteiger partial charge in [-0.2, -0.15) is 4.80 Å². The predicted octanol–water partition coefficient (Wildman–Crippen LogP) is 1.80. The zero-order valence-corrected chi connectivity index (χ0v) is 12.8. The Morgan fingerprint density at radius 2 is 2.30 bits per heavy atom. The predicted molar refractivity (Wildman–Crippen MR) is 77.1 cm³/mol. The van der Waals surface area contributed by atoms with Crippen LogP contribution in [0.15, 0.2) is 22.7 Å². The topological polar surface area (TPSA) is 64.9 Å². The normalized spacial score (nSPS) is 14.5. The average molecular weight is 338 g/mol. The van der Waals surface area contributed by atoms with Crippen LogP contribution in [0.25, 0.3) is 0 Å². The number of hydrogen-bond acceptors (Lipinski definition) is 5. The number of aromatic nitrogens is 4. The molecule has 6 nitrogen and oxygen atoms in total.